The lowest BCUT2D eigenvalue weighted by Gasteiger charge is -2.35. The summed E-state index contributed by atoms with van der Waals surface area (Å²) in [6.07, 6.45) is 5.51. The Hall–Kier alpha value is -1.36. The Morgan fingerprint density at radius 3 is 2.56 bits per heavy atom. The van der Waals surface area contributed by atoms with Crippen molar-refractivity contribution in [2.45, 2.75) is 38.3 Å². The van der Waals surface area contributed by atoms with E-state index in [0.29, 0.717) is 6.04 Å². The van der Waals surface area contributed by atoms with Gasteiger partial charge in [0, 0.05) is 38.8 Å². The first kappa shape index (κ1) is 13.1. The number of nitrogens with zero attached hydrogens (tertiary/aromatic N) is 4. The zero-order valence-electron chi connectivity index (χ0n) is 11.5. The molecule has 100 valence electrons. The molecule has 0 radical (unpaired) electrons. The average Bonchev–Trinajstić information content (AvgIpc) is 2.26. The van der Waals surface area contributed by atoms with Gasteiger partial charge in [0.1, 0.15) is 18.0 Å². The van der Waals surface area contributed by atoms with Crippen molar-refractivity contribution in [2.75, 3.05) is 30.4 Å². The number of rotatable bonds is 5. The number of nitrogens with two attached hydrogens (primary N) is 1. The van der Waals surface area contributed by atoms with Crippen LogP contribution in [0.3, 0.4) is 0 Å². The van der Waals surface area contributed by atoms with Crippen molar-refractivity contribution >= 4 is 11.6 Å². The van der Waals surface area contributed by atoms with Gasteiger partial charge >= 0.3 is 0 Å². The highest BCUT2D eigenvalue weighted by Gasteiger charge is 2.23. The van der Waals surface area contributed by atoms with Gasteiger partial charge in [-0.2, -0.15) is 0 Å². The van der Waals surface area contributed by atoms with Crippen molar-refractivity contribution < 1.29 is 0 Å². The Labute approximate surface area is 109 Å². The van der Waals surface area contributed by atoms with Crippen LogP contribution in [-0.2, 0) is 0 Å². The second kappa shape index (κ2) is 5.52. The second-order valence-electron chi connectivity index (χ2n) is 5.29. The molecule has 1 atom stereocenters. The first-order valence-electron chi connectivity index (χ1n) is 6.59. The highest BCUT2D eigenvalue weighted by atomic mass is 15.2. The molecule has 1 fully saturated rings. The molecule has 1 heterocycles. The molecule has 2 N–H and O–H groups in total. The quantitative estimate of drug-likeness (QED) is 0.851. The van der Waals surface area contributed by atoms with E-state index in [-0.39, 0.29) is 6.04 Å². The lowest BCUT2D eigenvalue weighted by molar-refractivity contribution is 0.399. The van der Waals surface area contributed by atoms with Gasteiger partial charge in [-0.15, -0.1) is 0 Å². The van der Waals surface area contributed by atoms with Gasteiger partial charge in [0.05, 0.1) is 0 Å². The van der Waals surface area contributed by atoms with E-state index in [1.807, 2.05) is 20.0 Å². The van der Waals surface area contributed by atoms with Crippen LogP contribution in [0.4, 0.5) is 11.6 Å². The third-order valence-corrected chi connectivity index (χ3v) is 3.57. The molecule has 0 amide bonds. The fourth-order valence-electron chi connectivity index (χ4n) is 2.23. The molecule has 0 aliphatic heterocycles. The summed E-state index contributed by atoms with van der Waals surface area (Å²) in [5, 5.41) is 0. The predicted octanol–water partition coefficient (Wildman–Crippen LogP) is 1.25. The first-order valence-corrected chi connectivity index (χ1v) is 6.59. The Morgan fingerprint density at radius 1 is 1.33 bits per heavy atom. The minimum Gasteiger partial charge on any atom is -0.358 e. The lowest BCUT2D eigenvalue weighted by atomic mass is 9.92. The van der Waals surface area contributed by atoms with Crippen molar-refractivity contribution in [1.82, 2.24) is 9.97 Å². The van der Waals surface area contributed by atoms with Gasteiger partial charge in [-0.3, -0.25) is 0 Å². The van der Waals surface area contributed by atoms with Crippen LogP contribution in [0.5, 0.6) is 0 Å². The van der Waals surface area contributed by atoms with E-state index in [1.165, 1.54) is 19.3 Å². The van der Waals surface area contributed by atoms with Crippen molar-refractivity contribution in [3.63, 3.8) is 0 Å². The maximum Gasteiger partial charge on any atom is 0.134 e. The van der Waals surface area contributed by atoms with Crippen LogP contribution in [-0.4, -0.2) is 42.7 Å². The van der Waals surface area contributed by atoms with Gasteiger partial charge in [-0.25, -0.2) is 9.97 Å². The fraction of sp³-hybridized carbons (Fsp3) is 0.692. The van der Waals surface area contributed by atoms with E-state index in [1.54, 1.807) is 6.33 Å². The molecule has 1 unspecified atom stereocenters. The van der Waals surface area contributed by atoms with Crippen LogP contribution < -0.4 is 15.5 Å². The van der Waals surface area contributed by atoms with Crippen LogP contribution >= 0.6 is 0 Å². The summed E-state index contributed by atoms with van der Waals surface area (Å²) in [6.45, 7) is 2.79. The molecule has 0 spiro atoms. The number of likely N-dealkylation sites (N-methyl/N-ethyl adjacent to an activating group) is 1. The van der Waals surface area contributed by atoms with Crippen LogP contribution in [0, 0.1) is 0 Å². The lowest BCUT2D eigenvalue weighted by Crippen LogP contribution is -2.38. The molecule has 1 aliphatic carbocycles. The highest BCUT2D eigenvalue weighted by Crippen LogP contribution is 2.27. The zero-order chi connectivity index (χ0) is 13.1. The number of aromatic nitrogens is 2. The average molecular weight is 249 g/mol. The van der Waals surface area contributed by atoms with Crippen molar-refractivity contribution in [3.8, 4) is 0 Å². The van der Waals surface area contributed by atoms with E-state index in [0.717, 1.165) is 18.2 Å². The predicted molar refractivity (Wildman–Crippen MR) is 75.0 cm³/mol. The van der Waals surface area contributed by atoms with Gasteiger partial charge in [0.2, 0.25) is 0 Å². The standard InChI is InChI=1S/C13H23N5/c1-10(14)8-17(2)12-7-13(16-9-15-12)18(3)11-5-4-6-11/h7,9-11H,4-6,8,14H2,1-3H3. The van der Waals surface area contributed by atoms with Gasteiger partial charge in [-0.05, 0) is 26.2 Å². The van der Waals surface area contributed by atoms with E-state index in [9.17, 15) is 0 Å². The van der Waals surface area contributed by atoms with Crippen LogP contribution in [0.1, 0.15) is 26.2 Å². The maximum atomic E-state index is 5.81. The number of anilines is 2. The molecule has 5 nitrogen and oxygen atoms in total. The molecule has 0 saturated heterocycles. The summed E-state index contributed by atoms with van der Waals surface area (Å²) in [6, 6.07) is 2.82. The largest absolute Gasteiger partial charge is 0.358 e. The van der Waals surface area contributed by atoms with Crippen molar-refractivity contribution in [3.05, 3.63) is 12.4 Å². The summed E-state index contributed by atoms with van der Waals surface area (Å²) in [5.74, 6) is 1.93. The smallest absolute Gasteiger partial charge is 0.134 e. The molecule has 0 bridgehead atoms. The van der Waals surface area contributed by atoms with Crippen LogP contribution in [0.15, 0.2) is 12.4 Å². The molecule has 1 saturated carbocycles. The molecule has 2 rings (SSSR count). The third-order valence-electron chi connectivity index (χ3n) is 3.57. The molecule has 0 aromatic carbocycles. The summed E-state index contributed by atoms with van der Waals surface area (Å²) in [5.41, 5.74) is 5.81. The maximum absolute atomic E-state index is 5.81. The third kappa shape index (κ3) is 2.90. The highest BCUT2D eigenvalue weighted by molar-refractivity contribution is 5.50. The molecular formula is C13H23N5. The summed E-state index contributed by atoms with van der Waals surface area (Å²) in [7, 11) is 4.13. The minimum absolute atomic E-state index is 0.137. The topological polar surface area (TPSA) is 58.3 Å². The summed E-state index contributed by atoms with van der Waals surface area (Å²) in [4.78, 5) is 13.0. The number of hydrogen-bond acceptors (Lipinski definition) is 5. The Bertz CT molecular complexity index is 389. The Morgan fingerprint density at radius 2 is 2.00 bits per heavy atom. The molecule has 1 aromatic rings. The number of hydrogen-bond donors (Lipinski definition) is 1. The van der Waals surface area contributed by atoms with Crippen LogP contribution in [0.2, 0.25) is 0 Å². The molecule has 1 aromatic heterocycles. The Kier molecular flexibility index (Phi) is 4.01. The molecule has 18 heavy (non-hydrogen) atoms. The van der Waals surface area contributed by atoms with Crippen molar-refractivity contribution in [2.24, 2.45) is 5.73 Å². The summed E-state index contributed by atoms with van der Waals surface area (Å²) >= 11 is 0. The summed E-state index contributed by atoms with van der Waals surface area (Å²) < 4.78 is 0. The van der Waals surface area contributed by atoms with E-state index < -0.39 is 0 Å². The van der Waals surface area contributed by atoms with E-state index in [4.69, 9.17) is 5.73 Å². The van der Waals surface area contributed by atoms with Gasteiger partial charge in [0.25, 0.3) is 0 Å². The monoisotopic (exact) mass is 249 g/mol. The molecule has 5 heteroatoms. The Balaban J connectivity index is 2.08. The zero-order valence-corrected chi connectivity index (χ0v) is 11.5. The first-order chi connectivity index (χ1) is 8.58. The van der Waals surface area contributed by atoms with Crippen molar-refractivity contribution in [1.29, 1.82) is 0 Å². The van der Waals surface area contributed by atoms with E-state index >= 15 is 0 Å². The minimum atomic E-state index is 0.137. The fourth-order valence-corrected chi connectivity index (χ4v) is 2.23. The molecular weight excluding hydrogens is 226 g/mol. The van der Waals surface area contributed by atoms with Crippen LogP contribution in [0.25, 0.3) is 0 Å². The van der Waals surface area contributed by atoms with Gasteiger partial charge < -0.3 is 15.5 Å². The van der Waals surface area contributed by atoms with Gasteiger partial charge in [0.15, 0.2) is 0 Å². The van der Waals surface area contributed by atoms with E-state index in [2.05, 4.69) is 26.8 Å². The molecule has 1 aliphatic rings. The van der Waals surface area contributed by atoms with Gasteiger partial charge in [-0.1, -0.05) is 0 Å². The second-order valence-corrected chi connectivity index (χ2v) is 5.29. The SMILES string of the molecule is CC(N)CN(C)c1cc(N(C)C2CCC2)ncn1. The normalized spacial score (nSPS) is 17.1.